The molecule has 0 aliphatic carbocycles. The number of amidine groups is 1. The second-order valence-corrected chi connectivity index (χ2v) is 7.99. The molecule has 12 heteroatoms. The standard InChI is InChI=1S/C14H23N5O6S/c1-17-6-4-9(5-7-17)13(20)16-12(15)11-3-2-10-8-18(11)14(21)19(10)25-26(22,23)24/h9-11H,2-8H2,1H3,(H2,15,16,20)(H,22,23,24). The van der Waals surface area contributed by atoms with Crippen molar-refractivity contribution in [2.75, 3.05) is 26.7 Å². The molecule has 0 aromatic rings. The number of hydrogen-bond donors (Lipinski definition) is 3. The van der Waals surface area contributed by atoms with Crippen molar-refractivity contribution in [2.24, 2.45) is 5.92 Å². The number of rotatable bonds is 4. The van der Waals surface area contributed by atoms with E-state index in [0.29, 0.717) is 17.9 Å². The van der Waals surface area contributed by atoms with Crippen molar-refractivity contribution in [3.8, 4) is 0 Å². The van der Waals surface area contributed by atoms with E-state index in [1.807, 2.05) is 7.05 Å². The number of amides is 3. The van der Waals surface area contributed by atoms with Crippen LogP contribution in [0.5, 0.6) is 0 Å². The summed E-state index contributed by atoms with van der Waals surface area (Å²) in [4.78, 5) is 28.1. The third kappa shape index (κ3) is 3.98. The SMILES string of the molecule is CN1CCC(C(=O)NC(=N)C2CCC3CN2C(=O)N3OS(=O)(=O)O)CC1. The number of carbonyl (C=O) groups is 2. The average molecular weight is 389 g/mol. The molecule has 2 bridgehead atoms. The summed E-state index contributed by atoms with van der Waals surface area (Å²) in [5.41, 5.74) is 0. The lowest BCUT2D eigenvalue weighted by atomic mass is 9.95. The molecule has 3 N–H and O–H groups in total. The van der Waals surface area contributed by atoms with Crippen LogP contribution in [0.2, 0.25) is 0 Å². The summed E-state index contributed by atoms with van der Waals surface area (Å²) in [6, 6.07) is -1.91. The van der Waals surface area contributed by atoms with E-state index in [1.165, 1.54) is 4.90 Å². The molecule has 3 fully saturated rings. The average Bonchev–Trinajstić information content (AvgIpc) is 2.79. The Morgan fingerprint density at radius 3 is 2.54 bits per heavy atom. The molecule has 0 saturated carbocycles. The molecular weight excluding hydrogens is 366 g/mol. The van der Waals surface area contributed by atoms with Crippen molar-refractivity contribution in [3.63, 3.8) is 0 Å². The first-order chi connectivity index (χ1) is 12.2. The fourth-order valence-corrected chi connectivity index (χ4v) is 4.11. The Hall–Kier alpha value is -1.76. The summed E-state index contributed by atoms with van der Waals surface area (Å²) in [6.07, 6.45) is 2.24. The topological polar surface area (TPSA) is 143 Å². The van der Waals surface area contributed by atoms with Gasteiger partial charge < -0.3 is 15.1 Å². The van der Waals surface area contributed by atoms with Crippen LogP contribution in [0.15, 0.2) is 0 Å². The summed E-state index contributed by atoms with van der Waals surface area (Å²) in [6.45, 7) is 1.82. The third-order valence-corrected chi connectivity index (χ3v) is 5.53. The van der Waals surface area contributed by atoms with Gasteiger partial charge in [-0.3, -0.25) is 14.8 Å². The molecule has 3 amide bonds. The maximum absolute atomic E-state index is 12.4. The number of likely N-dealkylation sites (tertiary alicyclic amines) is 1. The van der Waals surface area contributed by atoms with Crippen molar-refractivity contribution >= 4 is 28.2 Å². The highest BCUT2D eigenvalue weighted by atomic mass is 32.3. The molecule has 0 aromatic carbocycles. The molecular formula is C14H23N5O6S. The van der Waals surface area contributed by atoms with Crippen LogP contribution in [0.4, 0.5) is 4.79 Å². The Morgan fingerprint density at radius 2 is 1.92 bits per heavy atom. The van der Waals surface area contributed by atoms with Crippen LogP contribution >= 0.6 is 0 Å². The van der Waals surface area contributed by atoms with Crippen LogP contribution in [-0.4, -0.2) is 84.4 Å². The zero-order valence-corrected chi connectivity index (χ0v) is 15.2. The maximum atomic E-state index is 12.4. The molecule has 26 heavy (non-hydrogen) atoms. The monoisotopic (exact) mass is 389 g/mol. The molecule has 3 aliphatic heterocycles. The van der Waals surface area contributed by atoms with Gasteiger partial charge in [-0.05, 0) is 45.8 Å². The quantitative estimate of drug-likeness (QED) is 0.332. The lowest BCUT2D eigenvalue weighted by molar-refractivity contribution is -0.124. The predicted molar refractivity (Wildman–Crippen MR) is 89.5 cm³/mol. The number of fused-ring (bicyclic) bond motifs is 2. The van der Waals surface area contributed by atoms with Gasteiger partial charge in [-0.2, -0.15) is 13.5 Å². The van der Waals surface area contributed by atoms with Crippen molar-refractivity contribution in [2.45, 2.75) is 37.8 Å². The summed E-state index contributed by atoms with van der Waals surface area (Å²) in [7, 11) is -2.81. The van der Waals surface area contributed by atoms with E-state index in [4.69, 9.17) is 9.96 Å². The first kappa shape index (κ1) is 19.0. The molecule has 11 nitrogen and oxygen atoms in total. The summed E-state index contributed by atoms with van der Waals surface area (Å²) in [5, 5.41) is 11.4. The van der Waals surface area contributed by atoms with E-state index in [1.54, 1.807) is 0 Å². The number of hydroxylamine groups is 2. The van der Waals surface area contributed by atoms with E-state index in [-0.39, 0.29) is 24.2 Å². The first-order valence-corrected chi connectivity index (χ1v) is 9.87. The zero-order valence-electron chi connectivity index (χ0n) is 14.4. The fraction of sp³-hybridized carbons (Fsp3) is 0.786. The van der Waals surface area contributed by atoms with Crippen LogP contribution in [0.1, 0.15) is 25.7 Å². The number of piperidine rings is 2. The van der Waals surface area contributed by atoms with E-state index in [2.05, 4.69) is 14.5 Å². The van der Waals surface area contributed by atoms with Gasteiger partial charge in [0.2, 0.25) is 5.91 Å². The van der Waals surface area contributed by atoms with Crippen molar-refractivity contribution in [1.29, 1.82) is 5.41 Å². The molecule has 3 heterocycles. The van der Waals surface area contributed by atoms with Gasteiger partial charge in [0.15, 0.2) is 0 Å². The highest BCUT2D eigenvalue weighted by Crippen LogP contribution is 2.31. The summed E-state index contributed by atoms with van der Waals surface area (Å²) < 4.78 is 35.0. The maximum Gasteiger partial charge on any atom is 0.418 e. The van der Waals surface area contributed by atoms with Gasteiger partial charge in [0.25, 0.3) is 0 Å². The Bertz CT molecular complexity index is 705. The molecule has 0 radical (unpaired) electrons. The van der Waals surface area contributed by atoms with Gasteiger partial charge in [-0.1, -0.05) is 0 Å². The van der Waals surface area contributed by atoms with Gasteiger partial charge in [0.1, 0.15) is 5.84 Å². The second kappa shape index (κ2) is 7.10. The van der Waals surface area contributed by atoms with Gasteiger partial charge >= 0.3 is 16.4 Å². The van der Waals surface area contributed by atoms with E-state index in [9.17, 15) is 18.0 Å². The van der Waals surface area contributed by atoms with Crippen LogP contribution in [0, 0.1) is 11.3 Å². The Labute approximate surface area is 151 Å². The van der Waals surface area contributed by atoms with E-state index < -0.39 is 28.5 Å². The molecule has 0 aromatic heterocycles. The highest BCUT2D eigenvalue weighted by molar-refractivity contribution is 7.80. The summed E-state index contributed by atoms with van der Waals surface area (Å²) in [5.74, 6) is -0.450. The minimum Gasteiger partial charge on any atom is -0.313 e. The van der Waals surface area contributed by atoms with Crippen molar-refractivity contribution < 1.29 is 26.8 Å². The molecule has 146 valence electrons. The van der Waals surface area contributed by atoms with Crippen LogP contribution in [-0.2, 0) is 19.5 Å². The Kier molecular flexibility index (Phi) is 5.19. The smallest absolute Gasteiger partial charge is 0.313 e. The minimum absolute atomic E-state index is 0.0746. The number of urea groups is 1. The summed E-state index contributed by atoms with van der Waals surface area (Å²) >= 11 is 0. The van der Waals surface area contributed by atoms with Crippen LogP contribution in [0.3, 0.4) is 0 Å². The van der Waals surface area contributed by atoms with Crippen LogP contribution < -0.4 is 5.32 Å². The molecule has 2 atom stereocenters. The normalized spacial score (nSPS) is 27.7. The lowest BCUT2D eigenvalue weighted by Gasteiger charge is -2.32. The number of hydrogen-bond acceptors (Lipinski definition) is 7. The Morgan fingerprint density at radius 1 is 1.27 bits per heavy atom. The molecule has 3 saturated heterocycles. The molecule has 3 aliphatic rings. The molecule has 2 unspecified atom stereocenters. The number of nitrogens with one attached hydrogen (secondary N) is 2. The fourth-order valence-electron chi connectivity index (χ4n) is 3.72. The zero-order chi connectivity index (χ0) is 19.1. The lowest BCUT2D eigenvalue weighted by Crippen LogP contribution is -2.52. The Balaban J connectivity index is 1.61. The molecule has 3 rings (SSSR count). The van der Waals surface area contributed by atoms with Gasteiger partial charge in [0, 0.05) is 12.5 Å². The molecule has 0 spiro atoms. The number of nitrogens with zero attached hydrogens (tertiary/aromatic N) is 3. The van der Waals surface area contributed by atoms with Crippen LogP contribution in [0.25, 0.3) is 0 Å². The van der Waals surface area contributed by atoms with E-state index >= 15 is 0 Å². The largest absolute Gasteiger partial charge is 0.418 e. The highest BCUT2D eigenvalue weighted by Gasteiger charge is 2.48. The first-order valence-electron chi connectivity index (χ1n) is 8.50. The van der Waals surface area contributed by atoms with Crippen molar-refractivity contribution in [1.82, 2.24) is 20.2 Å². The number of carbonyl (C=O) groups excluding carboxylic acids is 2. The predicted octanol–water partition coefficient (Wildman–Crippen LogP) is -0.575. The second-order valence-electron chi connectivity index (χ2n) is 6.99. The third-order valence-electron chi connectivity index (χ3n) is 5.18. The minimum atomic E-state index is -4.80. The van der Waals surface area contributed by atoms with Crippen molar-refractivity contribution in [3.05, 3.63) is 0 Å². The van der Waals surface area contributed by atoms with Gasteiger partial charge in [-0.15, -0.1) is 4.28 Å². The van der Waals surface area contributed by atoms with E-state index in [0.717, 1.165) is 25.9 Å². The van der Waals surface area contributed by atoms with Gasteiger partial charge in [-0.25, -0.2) is 4.79 Å². The van der Waals surface area contributed by atoms with Gasteiger partial charge in [0.05, 0.1) is 12.1 Å².